The molecule has 57 heavy (non-hydrogen) atoms. The third kappa shape index (κ3) is 4.91. The van der Waals surface area contributed by atoms with Crippen LogP contribution in [0.2, 0.25) is 0 Å². The van der Waals surface area contributed by atoms with Crippen LogP contribution in [-0.4, -0.2) is 19.5 Å². The lowest BCUT2D eigenvalue weighted by Gasteiger charge is -2.17. The average Bonchev–Trinajstić information content (AvgIpc) is 3.96. The van der Waals surface area contributed by atoms with Gasteiger partial charge in [-0.1, -0.05) is 152 Å². The molecule has 0 aliphatic rings. The van der Waals surface area contributed by atoms with E-state index < -0.39 is 0 Å². The van der Waals surface area contributed by atoms with E-state index in [1.807, 2.05) is 84.1 Å². The van der Waals surface area contributed by atoms with Crippen molar-refractivity contribution in [1.29, 1.82) is 0 Å². The van der Waals surface area contributed by atoms with E-state index in [0.717, 1.165) is 71.7 Å². The first-order valence-corrected chi connectivity index (χ1v) is 19.8. The van der Waals surface area contributed by atoms with E-state index in [1.54, 1.807) is 0 Å². The molecule has 6 heteroatoms. The highest BCUT2D eigenvalue weighted by Crippen LogP contribution is 2.47. The Morgan fingerprint density at radius 2 is 1.00 bits per heavy atom. The minimum atomic E-state index is 0.565. The molecule has 0 aliphatic carbocycles. The van der Waals surface area contributed by atoms with Crippen molar-refractivity contribution in [3.8, 4) is 51.0 Å². The number of aromatic nitrogens is 4. The molecule has 0 saturated carbocycles. The molecule has 0 aliphatic heterocycles. The van der Waals surface area contributed by atoms with Gasteiger partial charge in [0, 0.05) is 69.5 Å². The molecule has 4 heterocycles. The van der Waals surface area contributed by atoms with Gasteiger partial charge >= 0.3 is 0 Å². The molecule has 0 unspecified atom stereocenters. The molecule has 0 saturated heterocycles. The number of para-hydroxylation sites is 3. The van der Waals surface area contributed by atoms with Crippen LogP contribution in [0.15, 0.2) is 186 Å². The van der Waals surface area contributed by atoms with E-state index in [2.05, 4.69) is 114 Å². The summed E-state index contributed by atoms with van der Waals surface area (Å²) in [5.74, 6) is 1.78. The maximum atomic E-state index is 6.96. The Morgan fingerprint density at radius 1 is 0.404 bits per heavy atom. The van der Waals surface area contributed by atoms with Crippen LogP contribution in [0.3, 0.4) is 0 Å². The predicted octanol–water partition coefficient (Wildman–Crippen LogP) is 13.9. The second kappa shape index (κ2) is 12.6. The number of hydrogen-bond donors (Lipinski definition) is 0. The van der Waals surface area contributed by atoms with Crippen molar-refractivity contribution >= 4 is 75.3 Å². The van der Waals surface area contributed by atoms with Crippen LogP contribution in [0, 0.1) is 0 Å². The molecule has 8 aromatic carbocycles. The van der Waals surface area contributed by atoms with Gasteiger partial charge in [0.2, 0.25) is 0 Å². The molecule has 0 atom stereocenters. The van der Waals surface area contributed by atoms with Gasteiger partial charge in [-0.2, -0.15) is 0 Å². The molecule has 12 aromatic rings. The molecule has 0 radical (unpaired) electrons. The number of nitrogens with zero attached hydrogens (tertiary/aromatic N) is 4. The zero-order valence-corrected chi connectivity index (χ0v) is 31.2. The standard InChI is InChI=1S/C51H30N4OS/c1-3-15-31(16-4-1)49-52-50(32-17-5-2-6-18-32)54-51(53-49)41-30-29-38-34-20-8-11-27-43(34)56-47(38)46(41)55-42-26-10-7-19-33(42)36-22-13-23-37(45(36)55)40-25-14-24-39-35-21-9-12-28-44(35)57-48(39)40/h1-30H. The monoisotopic (exact) mass is 746 g/mol. The summed E-state index contributed by atoms with van der Waals surface area (Å²) in [4.78, 5) is 15.6. The number of furan rings is 1. The molecule has 0 N–H and O–H groups in total. The van der Waals surface area contributed by atoms with Crippen LogP contribution >= 0.6 is 11.3 Å². The maximum absolute atomic E-state index is 6.96. The predicted molar refractivity (Wildman–Crippen MR) is 236 cm³/mol. The molecule has 0 spiro atoms. The second-order valence-corrected chi connectivity index (χ2v) is 15.4. The number of rotatable bonds is 5. The first-order valence-electron chi connectivity index (χ1n) is 19.0. The number of benzene rings is 8. The summed E-state index contributed by atoms with van der Waals surface area (Å²) in [6.45, 7) is 0. The quantitative estimate of drug-likeness (QED) is 0.176. The summed E-state index contributed by atoms with van der Waals surface area (Å²) in [7, 11) is 0. The molecule has 0 fully saturated rings. The lowest BCUT2D eigenvalue weighted by Crippen LogP contribution is -2.04. The van der Waals surface area contributed by atoms with E-state index in [1.165, 1.54) is 25.7 Å². The van der Waals surface area contributed by atoms with Gasteiger partial charge in [-0.15, -0.1) is 11.3 Å². The van der Waals surface area contributed by atoms with Gasteiger partial charge in [0.05, 0.1) is 11.0 Å². The van der Waals surface area contributed by atoms with Gasteiger partial charge in [-0.05, 0) is 30.3 Å². The second-order valence-electron chi connectivity index (χ2n) is 14.3. The van der Waals surface area contributed by atoms with E-state index in [-0.39, 0.29) is 0 Å². The number of thiophene rings is 1. The van der Waals surface area contributed by atoms with Crippen LogP contribution in [0.5, 0.6) is 0 Å². The summed E-state index contributed by atoms with van der Waals surface area (Å²) in [6, 6.07) is 63.6. The van der Waals surface area contributed by atoms with Crippen LogP contribution in [0.1, 0.15) is 0 Å². The molecular weight excluding hydrogens is 717 g/mol. The fourth-order valence-corrected chi connectivity index (χ4v) is 9.76. The highest BCUT2D eigenvalue weighted by atomic mass is 32.1. The Hall–Kier alpha value is -7.41. The number of fused-ring (bicyclic) bond motifs is 9. The normalized spacial score (nSPS) is 11.9. The van der Waals surface area contributed by atoms with E-state index >= 15 is 0 Å². The van der Waals surface area contributed by atoms with Crippen LogP contribution in [0.4, 0.5) is 0 Å². The smallest absolute Gasteiger partial charge is 0.166 e. The first-order chi connectivity index (χ1) is 28.3. The zero-order valence-electron chi connectivity index (χ0n) is 30.4. The summed E-state index contributed by atoms with van der Waals surface area (Å²) >= 11 is 1.85. The molecule has 4 aromatic heterocycles. The Kier molecular flexibility index (Phi) is 7.03. The van der Waals surface area contributed by atoms with Crippen molar-refractivity contribution in [2.75, 3.05) is 0 Å². The van der Waals surface area contributed by atoms with Gasteiger partial charge in [0.15, 0.2) is 23.1 Å². The Labute approximate surface area is 330 Å². The SMILES string of the molecule is c1ccc(-c2nc(-c3ccccc3)nc(-c3ccc4c(oc5ccccc54)c3-n3c4ccccc4c4cccc(-c5cccc6c5sc5ccccc56)c43)n2)cc1. The summed E-state index contributed by atoms with van der Waals surface area (Å²) in [6.07, 6.45) is 0. The van der Waals surface area contributed by atoms with Crippen molar-refractivity contribution in [3.63, 3.8) is 0 Å². The third-order valence-corrected chi connectivity index (χ3v) is 12.3. The summed E-state index contributed by atoms with van der Waals surface area (Å²) < 4.78 is 11.9. The van der Waals surface area contributed by atoms with Gasteiger partial charge in [-0.25, -0.2) is 15.0 Å². The first kappa shape index (κ1) is 31.9. The molecule has 0 bridgehead atoms. The summed E-state index contributed by atoms with van der Waals surface area (Å²) in [5.41, 5.74) is 9.66. The van der Waals surface area contributed by atoms with Crippen LogP contribution < -0.4 is 0 Å². The maximum Gasteiger partial charge on any atom is 0.166 e. The lowest BCUT2D eigenvalue weighted by molar-refractivity contribution is 0.666. The highest BCUT2D eigenvalue weighted by Gasteiger charge is 2.26. The van der Waals surface area contributed by atoms with Gasteiger partial charge in [0.1, 0.15) is 11.3 Å². The molecular formula is C51H30N4OS. The van der Waals surface area contributed by atoms with Gasteiger partial charge in [0.25, 0.3) is 0 Å². The van der Waals surface area contributed by atoms with Gasteiger partial charge in [-0.3, -0.25) is 0 Å². The van der Waals surface area contributed by atoms with Crippen molar-refractivity contribution in [3.05, 3.63) is 182 Å². The minimum absolute atomic E-state index is 0.565. The van der Waals surface area contributed by atoms with E-state index in [0.29, 0.717) is 17.5 Å². The van der Waals surface area contributed by atoms with Crippen molar-refractivity contribution in [2.45, 2.75) is 0 Å². The highest BCUT2D eigenvalue weighted by molar-refractivity contribution is 7.26. The Balaban J connectivity index is 1.24. The molecule has 5 nitrogen and oxygen atoms in total. The minimum Gasteiger partial charge on any atom is -0.454 e. The van der Waals surface area contributed by atoms with Crippen molar-refractivity contribution in [1.82, 2.24) is 19.5 Å². The summed E-state index contributed by atoms with van der Waals surface area (Å²) in [5, 5.41) is 6.94. The van der Waals surface area contributed by atoms with E-state index in [4.69, 9.17) is 19.4 Å². The largest absolute Gasteiger partial charge is 0.454 e. The lowest BCUT2D eigenvalue weighted by atomic mass is 9.99. The molecule has 12 rings (SSSR count). The fraction of sp³-hybridized carbons (Fsp3) is 0. The third-order valence-electron chi connectivity index (χ3n) is 11.1. The van der Waals surface area contributed by atoms with Crippen molar-refractivity contribution in [2.24, 2.45) is 0 Å². The average molecular weight is 747 g/mol. The van der Waals surface area contributed by atoms with Crippen LogP contribution in [0.25, 0.3) is 115 Å². The van der Waals surface area contributed by atoms with E-state index in [9.17, 15) is 0 Å². The fourth-order valence-electron chi connectivity index (χ4n) is 8.53. The molecule has 0 amide bonds. The van der Waals surface area contributed by atoms with Crippen LogP contribution in [-0.2, 0) is 0 Å². The number of hydrogen-bond acceptors (Lipinski definition) is 5. The topological polar surface area (TPSA) is 56.7 Å². The Bertz CT molecular complexity index is 3470. The zero-order chi connectivity index (χ0) is 37.5. The van der Waals surface area contributed by atoms with Gasteiger partial charge < -0.3 is 8.98 Å². The Morgan fingerprint density at radius 3 is 1.77 bits per heavy atom. The molecule has 266 valence electrons. The van der Waals surface area contributed by atoms with Crippen molar-refractivity contribution < 1.29 is 4.42 Å².